The van der Waals surface area contributed by atoms with Gasteiger partial charge in [-0.05, 0) is 35.9 Å². The van der Waals surface area contributed by atoms with Gasteiger partial charge in [0.25, 0.3) is 0 Å². The molecule has 0 unspecified atom stereocenters. The SMILES string of the molecule is CCN(C)S(=O)(=O)Nc1ccc(F)c(C(=O)c2c[nH]c3ncc(-c4cc(F)c(N5CCNCC5)c(F)c4)cc23)c1F. The fourth-order valence-corrected chi connectivity index (χ4v) is 5.56. The number of aromatic nitrogens is 2. The van der Waals surface area contributed by atoms with Crippen LogP contribution in [0.1, 0.15) is 22.8 Å². The molecular formula is C27H26F4N6O3S. The van der Waals surface area contributed by atoms with Crippen molar-refractivity contribution in [1.82, 2.24) is 19.6 Å². The van der Waals surface area contributed by atoms with Crippen LogP contribution in [0.2, 0.25) is 0 Å². The van der Waals surface area contributed by atoms with Gasteiger partial charge in [0, 0.05) is 68.7 Å². The van der Waals surface area contributed by atoms with Crippen LogP contribution < -0.4 is 14.9 Å². The highest BCUT2D eigenvalue weighted by Gasteiger charge is 2.27. The molecule has 4 aromatic rings. The van der Waals surface area contributed by atoms with Crippen LogP contribution in [0.25, 0.3) is 22.2 Å². The molecular weight excluding hydrogens is 564 g/mol. The number of H-pyrrole nitrogens is 1. The van der Waals surface area contributed by atoms with Crippen molar-refractivity contribution in [3.8, 4) is 11.1 Å². The Hall–Kier alpha value is -4.01. The second-order valence-corrected chi connectivity index (χ2v) is 11.3. The van der Waals surface area contributed by atoms with Crippen LogP contribution in [0.3, 0.4) is 0 Å². The summed E-state index contributed by atoms with van der Waals surface area (Å²) in [4.78, 5) is 22.0. The maximum absolute atomic E-state index is 15.4. The Labute approximate surface area is 233 Å². The Morgan fingerprint density at radius 1 is 1.05 bits per heavy atom. The minimum Gasteiger partial charge on any atom is -0.364 e. The molecule has 0 aliphatic carbocycles. The van der Waals surface area contributed by atoms with Gasteiger partial charge in [-0.15, -0.1) is 0 Å². The number of carbonyl (C=O) groups is 1. The first kappa shape index (κ1) is 28.5. The Morgan fingerprint density at radius 3 is 2.39 bits per heavy atom. The van der Waals surface area contributed by atoms with Crippen molar-refractivity contribution >= 4 is 38.4 Å². The zero-order valence-electron chi connectivity index (χ0n) is 22.1. The topological polar surface area (TPSA) is 110 Å². The van der Waals surface area contributed by atoms with Crippen LogP contribution in [-0.2, 0) is 10.2 Å². The third-order valence-electron chi connectivity index (χ3n) is 6.97. The molecule has 3 N–H and O–H groups in total. The minimum absolute atomic E-state index is 0.0842. The van der Waals surface area contributed by atoms with E-state index in [9.17, 15) is 17.6 Å². The van der Waals surface area contributed by atoms with Crippen molar-refractivity contribution in [3.05, 3.63) is 77.1 Å². The second kappa shape index (κ2) is 11.1. The smallest absolute Gasteiger partial charge is 0.301 e. The highest BCUT2D eigenvalue weighted by atomic mass is 32.2. The number of ketones is 1. The van der Waals surface area contributed by atoms with Crippen molar-refractivity contribution in [3.63, 3.8) is 0 Å². The molecule has 9 nitrogen and oxygen atoms in total. The summed E-state index contributed by atoms with van der Waals surface area (Å²) in [7, 11) is -2.89. The third-order valence-corrected chi connectivity index (χ3v) is 8.53. The summed E-state index contributed by atoms with van der Waals surface area (Å²) in [6.45, 7) is 3.73. The highest BCUT2D eigenvalue weighted by Crippen LogP contribution is 2.33. The quantitative estimate of drug-likeness (QED) is 0.211. The van der Waals surface area contributed by atoms with E-state index in [1.54, 1.807) is 11.8 Å². The van der Waals surface area contributed by atoms with Gasteiger partial charge in [0.1, 0.15) is 28.8 Å². The fourth-order valence-electron chi connectivity index (χ4n) is 4.63. The lowest BCUT2D eigenvalue weighted by Gasteiger charge is -2.30. The van der Waals surface area contributed by atoms with Gasteiger partial charge >= 0.3 is 10.2 Å². The average molecular weight is 591 g/mol. The van der Waals surface area contributed by atoms with E-state index in [0.717, 1.165) is 16.4 Å². The van der Waals surface area contributed by atoms with E-state index in [0.29, 0.717) is 26.2 Å². The molecule has 1 aliphatic rings. The van der Waals surface area contributed by atoms with Crippen LogP contribution in [0, 0.1) is 23.3 Å². The van der Waals surface area contributed by atoms with Crippen molar-refractivity contribution in [2.45, 2.75) is 6.92 Å². The van der Waals surface area contributed by atoms with Gasteiger partial charge in [0.2, 0.25) is 5.78 Å². The summed E-state index contributed by atoms with van der Waals surface area (Å²) < 4.78 is 88.0. The molecule has 0 saturated carbocycles. The fraction of sp³-hybridized carbons (Fsp3) is 0.259. The summed E-state index contributed by atoms with van der Waals surface area (Å²) in [5.74, 6) is -5.20. The predicted octanol–water partition coefficient (Wildman–Crippen LogP) is 4.04. The lowest BCUT2D eigenvalue weighted by atomic mass is 9.99. The van der Waals surface area contributed by atoms with Crippen LogP contribution in [0.5, 0.6) is 0 Å². The first-order chi connectivity index (χ1) is 19.5. The maximum atomic E-state index is 15.4. The Kier molecular flexibility index (Phi) is 7.72. The van der Waals surface area contributed by atoms with Crippen LogP contribution in [0.4, 0.5) is 28.9 Å². The molecule has 2 aromatic carbocycles. The number of rotatable bonds is 8. The number of carbonyl (C=O) groups excluding carboxylic acids is 1. The number of halogens is 4. The number of fused-ring (bicyclic) bond motifs is 1. The van der Waals surface area contributed by atoms with E-state index < -0.39 is 50.5 Å². The zero-order valence-corrected chi connectivity index (χ0v) is 22.9. The number of benzene rings is 2. The summed E-state index contributed by atoms with van der Waals surface area (Å²) in [5.41, 5.74) is -1.28. The Morgan fingerprint density at radius 2 is 1.73 bits per heavy atom. The van der Waals surface area contributed by atoms with Crippen molar-refractivity contribution < 1.29 is 30.8 Å². The van der Waals surface area contributed by atoms with Crippen LogP contribution in [0.15, 0.2) is 42.7 Å². The van der Waals surface area contributed by atoms with Crippen molar-refractivity contribution in [2.24, 2.45) is 0 Å². The molecule has 2 aromatic heterocycles. The number of piperazine rings is 1. The van der Waals surface area contributed by atoms with Gasteiger partial charge in [0.15, 0.2) is 5.82 Å². The highest BCUT2D eigenvalue weighted by molar-refractivity contribution is 7.90. The average Bonchev–Trinajstić information content (AvgIpc) is 3.37. The van der Waals surface area contributed by atoms with Crippen molar-refractivity contribution in [2.75, 3.05) is 49.4 Å². The molecule has 1 saturated heterocycles. The monoisotopic (exact) mass is 590 g/mol. The molecule has 0 atom stereocenters. The van der Waals surface area contributed by atoms with Gasteiger partial charge in [-0.3, -0.25) is 9.52 Å². The van der Waals surface area contributed by atoms with Crippen molar-refractivity contribution in [1.29, 1.82) is 0 Å². The van der Waals surface area contributed by atoms with Crippen LogP contribution in [-0.4, -0.2) is 68.2 Å². The molecule has 3 heterocycles. The van der Waals surface area contributed by atoms with E-state index in [1.165, 1.54) is 37.6 Å². The number of aromatic amines is 1. The van der Waals surface area contributed by atoms with E-state index in [4.69, 9.17) is 0 Å². The van der Waals surface area contributed by atoms with E-state index in [-0.39, 0.29) is 40.0 Å². The summed E-state index contributed by atoms with van der Waals surface area (Å²) in [5, 5.41) is 3.27. The number of pyridine rings is 1. The Bertz CT molecular complexity index is 1730. The number of anilines is 2. The number of nitrogens with one attached hydrogen (secondary N) is 3. The maximum Gasteiger partial charge on any atom is 0.301 e. The molecule has 0 spiro atoms. The predicted molar refractivity (Wildman–Crippen MR) is 147 cm³/mol. The molecule has 1 fully saturated rings. The first-order valence-corrected chi connectivity index (χ1v) is 14.1. The summed E-state index contributed by atoms with van der Waals surface area (Å²) in [6.07, 6.45) is 2.56. The van der Waals surface area contributed by atoms with Crippen LogP contribution >= 0.6 is 0 Å². The third kappa shape index (κ3) is 5.37. The lowest BCUT2D eigenvalue weighted by Crippen LogP contribution is -2.44. The van der Waals surface area contributed by atoms with E-state index >= 15 is 13.2 Å². The van der Waals surface area contributed by atoms with Gasteiger partial charge in [-0.2, -0.15) is 12.7 Å². The largest absolute Gasteiger partial charge is 0.364 e. The first-order valence-electron chi connectivity index (χ1n) is 12.7. The molecule has 0 amide bonds. The van der Waals surface area contributed by atoms with Gasteiger partial charge < -0.3 is 15.2 Å². The van der Waals surface area contributed by atoms with E-state index in [2.05, 4.69) is 15.3 Å². The minimum atomic E-state index is -4.16. The number of hydrogen-bond donors (Lipinski definition) is 3. The van der Waals surface area contributed by atoms with Gasteiger partial charge in [-0.25, -0.2) is 22.5 Å². The normalized spacial score (nSPS) is 14.2. The standard InChI is InChI=1S/C27H26F4N6O3S/c1-3-36(2)41(39,40)35-22-5-4-19(28)23(24(22)31)26(38)18-14-34-27-17(18)10-16(13-33-27)15-11-20(29)25(21(30)12-15)37-8-6-32-7-9-37/h4-5,10-14,32,35H,3,6-9H2,1-2H3,(H,33,34). The Balaban J connectivity index is 1.52. The molecule has 41 heavy (non-hydrogen) atoms. The zero-order chi connectivity index (χ0) is 29.5. The van der Waals surface area contributed by atoms with Gasteiger partial charge in [0.05, 0.1) is 11.3 Å². The van der Waals surface area contributed by atoms with Gasteiger partial charge in [-0.1, -0.05) is 6.92 Å². The molecule has 216 valence electrons. The molecule has 14 heteroatoms. The second-order valence-electron chi connectivity index (χ2n) is 9.48. The molecule has 0 radical (unpaired) electrons. The number of hydrogen-bond acceptors (Lipinski definition) is 6. The lowest BCUT2D eigenvalue weighted by molar-refractivity contribution is 0.103. The molecule has 5 rings (SSSR count). The molecule has 1 aliphatic heterocycles. The van der Waals surface area contributed by atoms with E-state index in [1.807, 2.05) is 4.72 Å². The summed E-state index contributed by atoms with van der Waals surface area (Å²) in [6, 6.07) is 5.43. The summed E-state index contributed by atoms with van der Waals surface area (Å²) >= 11 is 0. The molecule has 0 bridgehead atoms. The number of nitrogens with zero attached hydrogens (tertiary/aromatic N) is 3.